The first-order valence-electron chi connectivity index (χ1n) is 4.32. The Morgan fingerprint density at radius 1 is 1.50 bits per heavy atom. The number of carbonyl (C=O) groups excluding carboxylic acids is 2. The molecule has 1 aromatic rings. The van der Waals surface area contributed by atoms with E-state index in [2.05, 4.69) is 5.32 Å². The Hall–Kier alpha value is -1.84. The third kappa shape index (κ3) is 1.59. The van der Waals surface area contributed by atoms with Crippen LogP contribution in [-0.2, 0) is 16.6 Å². The Labute approximate surface area is 81.2 Å². The number of carbonyl (C=O) groups is 2. The van der Waals surface area contributed by atoms with Crippen LogP contribution < -0.4 is 5.32 Å². The van der Waals surface area contributed by atoms with Gasteiger partial charge in [0, 0.05) is 25.0 Å². The summed E-state index contributed by atoms with van der Waals surface area (Å²) in [6, 6.07) is 1.89. The molecule has 4 nitrogen and oxygen atoms in total. The van der Waals surface area contributed by atoms with Crippen molar-refractivity contribution in [3.05, 3.63) is 29.6 Å². The molecule has 0 spiro atoms. The van der Waals surface area contributed by atoms with E-state index in [1.807, 2.05) is 30.1 Å². The third-order valence-corrected chi connectivity index (χ3v) is 2.09. The van der Waals surface area contributed by atoms with Crippen molar-refractivity contribution in [3.8, 4) is 0 Å². The Kier molecular flexibility index (Phi) is 1.96. The van der Waals surface area contributed by atoms with Gasteiger partial charge in [-0.3, -0.25) is 14.9 Å². The van der Waals surface area contributed by atoms with E-state index in [1.165, 1.54) is 0 Å². The van der Waals surface area contributed by atoms with Gasteiger partial charge >= 0.3 is 0 Å². The second kappa shape index (κ2) is 3.14. The van der Waals surface area contributed by atoms with E-state index < -0.39 is 0 Å². The Balaban J connectivity index is 2.27. The second-order valence-electron chi connectivity index (χ2n) is 3.33. The minimum Gasteiger partial charge on any atom is -0.357 e. The molecule has 1 fully saturated rings. The Bertz CT molecular complexity index is 429. The lowest BCUT2D eigenvalue weighted by Gasteiger charge is -1.90. The van der Waals surface area contributed by atoms with Gasteiger partial charge in [0.2, 0.25) is 5.91 Å². The Morgan fingerprint density at radius 2 is 2.29 bits per heavy atom. The molecule has 0 unspecified atom stereocenters. The highest BCUT2D eigenvalue weighted by molar-refractivity contribution is 6.15. The van der Waals surface area contributed by atoms with Crippen LogP contribution >= 0.6 is 0 Å². The molecule has 1 saturated heterocycles. The first-order chi connectivity index (χ1) is 6.65. The first-order valence-corrected chi connectivity index (χ1v) is 4.32. The molecule has 0 radical (unpaired) electrons. The van der Waals surface area contributed by atoms with Gasteiger partial charge in [0.15, 0.2) is 0 Å². The van der Waals surface area contributed by atoms with Gasteiger partial charge in [0.05, 0.1) is 6.42 Å². The quantitative estimate of drug-likeness (QED) is 0.516. The van der Waals surface area contributed by atoms with Gasteiger partial charge < -0.3 is 4.57 Å². The normalized spacial score (nSPS) is 19.1. The van der Waals surface area contributed by atoms with E-state index in [9.17, 15) is 9.59 Å². The molecule has 0 atom stereocenters. The summed E-state index contributed by atoms with van der Waals surface area (Å²) in [6.07, 6.45) is 5.71. The maximum atomic E-state index is 11.2. The van der Waals surface area contributed by atoms with Crippen molar-refractivity contribution >= 4 is 17.9 Å². The standard InChI is InChI=1S/C10H10N2O2/c1-12-3-2-7(6-12)4-8-5-9(13)11-10(8)14/h2-4,6H,5H2,1H3,(H,11,13,14). The molecule has 0 aliphatic carbocycles. The van der Waals surface area contributed by atoms with Gasteiger partial charge in [-0.1, -0.05) is 0 Å². The van der Waals surface area contributed by atoms with Crippen LogP contribution in [0.25, 0.3) is 6.08 Å². The van der Waals surface area contributed by atoms with E-state index in [-0.39, 0.29) is 18.2 Å². The van der Waals surface area contributed by atoms with Gasteiger partial charge in [0.1, 0.15) is 0 Å². The van der Waals surface area contributed by atoms with Crippen LogP contribution in [0.5, 0.6) is 0 Å². The van der Waals surface area contributed by atoms with E-state index in [4.69, 9.17) is 0 Å². The maximum absolute atomic E-state index is 11.2. The number of hydrogen-bond donors (Lipinski definition) is 1. The molecule has 2 rings (SSSR count). The molecule has 1 aromatic heterocycles. The van der Waals surface area contributed by atoms with Crippen molar-refractivity contribution < 1.29 is 9.59 Å². The molecule has 14 heavy (non-hydrogen) atoms. The summed E-state index contributed by atoms with van der Waals surface area (Å²) >= 11 is 0. The molecule has 1 aliphatic rings. The summed E-state index contributed by atoms with van der Waals surface area (Å²) in [5.41, 5.74) is 1.47. The monoisotopic (exact) mass is 190 g/mol. The minimum absolute atomic E-state index is 0.188. The van der Waals surface area contributed by atoms with Gasteiger partial charge in [-0.2, -0.15) is 0 Å². The molecule has 4 heteroatoms. The average molecular weight is 190 g/mol. The van der Waals surface area contributed by atoms with Crippen LogP contribution in [0, 0.1) is 0 Å². The molecule has 0 aromatic carbocycles. The van der Waals surface area contributed by atoms with Crippen LogP contribution in [0.4, 0.5) is 0 Å². The summed E-state index contributed by atoms with van der Waals surface area (Å²) < 4.78 is 1.89. The molecular formula is C10H10N2O2. The van der Waals surface area contributed by atoms with Crippen molar-refractivity contribution in [3.63, 3.8) is 0 Å². The lowest BCUT2D eigenvalue weighted by molar-refractivity contribution is -0.124. The summed E-state index contributed by atoms with van der Waals surface area (Å²) in [5.74, 6) is -0.504. The molecule has 1 N–H and O–H groups in total. The number of rotatable bonds is 1. The zero-order valence-corrected chi connectivity index (χ0v) is 7.78. The number of amides is 2. The maximum Gasteiger partial charge on any atom is 0.254 e. The zero-order chi connectivity index (χ0) is 10.1. The smallest absolute Gasteiger partial charge is 0.254 e. The fourth-order valence-electron chi connectivity index (χ4n) is 1.43. The minimum atomic E-state index is -0.279. The number of nitrogens with one attached hydrogen (secondary N) is 1. The molecule has 0 bridgehead atoms. The molecule has 2 heterocycles. The van der Waals surface area contributed by atoms with Crippen LogP contribution in [0.1, 0.15) is 12.0 Å². The summed E-state index contributed by atoms with van der Waals surface area (Å²) in [4.78, 5) is 22.1. The Morgan fingerprint density at radius 3 is 2.79 bits per heavy atom. The molecule has 72 valence electrons. The van der Waals surface area contributed by atoms with Crippen molar-refractivity contribution in [1.82, 2.24) is 9.88 Å². The lowest BCUT2D eigenvalue weighted by Crippen LogP contribution is -2.19. The molecule has 1 aliphatic heterocycles. The van der Waals surface area contributed by atoms with E-state index >= 15 is 0 Å². The zero-order valence-electron chi connectivity index (χ0n) is 7.78. The third-order valence-electron chi connectivity index (χ3n) is 2.09. The fourth-order valence-corrected chi connectivity index (χ4v) is 1.43. The van der Waals surface area contributed by atoms with Crippen LogP contribution in [0.3, 0.4) is 0 Å². The number of imide groups is 1. The van der Waals surface area contributed by atoms with Crippen molar-refractivity contribution in [2.75, 3.05) is 0 Å². The predicted molar refractivity (Wildman–Crippen MR) is 51.2 cm³/mol. The lowest BCUT2D eigenvalue weighted by atomic mass is 10.1. The second-order valence-corrected chi connectivity index (χ2v) is 3.33. The number of nitrogens with zero attached hydrogens (tertiary/aromatic N) is 1. The van der Waals surface area contributed by atoms with Crippen molar-refractivity contribution in [2.24, 2.45) is 7.05 Å². The molecule has 0 saturated carbocycles. The number of aromatic nitrogens is 1. The van der Waals surface area contributed by atoms with Gasteiger partial charge in [-0.25, -0.2) is 0 Å². The van der Waals surface area contributed by atoms with Crippen LogP contribution in [0.15, 0.2) is 24.0 Å². The van der Waals surface area contributed by atoms with E-state index in [0.29, 0.717) is 5.57 Å². The number of aryl methyl sites for hydroxylation is 1. The summed E-state index contributed by atoms with van der Waals surface area (Å²) in [5, 5.41) is 2.24. The SMILES string of the molecule is Cn1ccc(C=C2CC(=O)NC2=O)c1. The summed E-state index contributed by atoms with van der Waals surface area (Å²) in [6.45, 7) is 0. The average Bonchev–Trinajstić information content (AvgIpc) is 2.61. The van der Waals surface area contributed by atoms with Crippen LogP contribution in [-0.4, -0.2) is 16.4 Å². The molecule has 2 amide bonds. The van der Waals surface area contributed by atoms with Crippen molar-refractivity contribution in [1.29, 1.82) is 0 Å². The van der Waals surface area contributed by atoms with Gasteiger partial charge in [-0.15, -0.1) is 0 Å². The highest BCUT2D eigenvalue weighted by Crippen LogP contribution is 2.14. The van der Waals surface area contributed by atoms with Gasteiger partial charge in [-0.05, 0) is 17.7 Å². The first kappa shape index (κ1) is 8.74. The highest BCUT2D eigenvalue weighted by atomic mass is 16.2. The highest BCUT2D eigenvalue weighted by Gasteiger charge is 2.23. The fraction of sp³-hybridized carbons (Fsp3) is 0.200. The van der Waals surface area contributed by atoms with Gasteiger partial charge in [0.25, 0.3) is 5.91 Å². The number of hydrogen-bond acceptors (Lipinski definition) is 2. The largest absolute Gasteiger partial charge is 0.357 e. The molecular weight excluding hydrogens is 180 g/mol. The topological polar surface area (TPSA) is 51.1 Å². The van der Waals surface area contributed by atoms with Crippen molar-refractivity contribution in [2.45, 2.75) is 6.42 Å². The predicted octanol–water partition coefficient (Wildman–Crippen LogP) is 0.455. The summed E-state index contributed by atoms with van der Waals surface area (Å²) in [7, 11) is 1.90. The van der Waals surface area contributed by atoms with E-state index in [0.717, 1.165) is 5.56 Å². The van der Waals surface area contributed by atoms with E-state index in [1.54, 1.807) is 6.08 Å². The van der Waals surface area contributed by atoms with Crippen LogP contribution in [0.2, 0.25) is 0 Å².